The number of aromatic nitrogens is 4. The van der Waals surface area contributed by atoms with Crippen molar-refractivity contribution in [3.8, 4) is 28.3 Å². The predicted molar refractivity (Wildman–Crippen MR) is 141 cm³/mol. The van der Waals surface area contributed by atoms with E-state index < -0.39 is 0 Å². The van der Waals surface area contributed by atoms with E-state index in [1.807, 2.05) is 54.7 Å². The van der Waals surface area contributed by atoms with Gasteiger partial charge in [0, 0.05) is 47.2 Å². The first-order valence-electron chi connectivity index (χ1n) is 11.6. The highest BCUT2D eigenvalue weighted by molar-refractivity contribution is 5.94. The maximum Gasteiger partial charge on any atom is 0.163 e. The van der Waals surface area contributed by atoms with Gasteiger partial charge in [0.1, 0.15) is 11.6 Å². The van der Waals surface area contributed by atoms with Crippen molar-refractivity contribution in [2.45, 2.75) is 19.3 Å². The van der Waals surface area contributed by atoms with Crippen LogP contribution in [-0.2, 0) is 5.41 Å². The van der Waals surface area contributed by atoms with Gasteiger partial charge in [-0.15, -0.1) is 0 Å². The number of hydrogen-bond donors (Lipinski definition) is 1. The molecular formula is C29H27N5O. The van der Waals surface area contributed by atoms with Crippen molar-refractivity contribution >= 4 is 16.7 Å². The van der Waals surface area contributed by atoms with Crippen LogP contribution in [0.2, 0.25) is 0 Å². The zero-order valence-corrected chi connectivity index (χ0v) is 20.1. The van der Waals surface area contributed by atoms with Gasteiger partial charge in [0.2, 0.25) is 0 Å². The van der Waals surface area contributed by atoms with Gasteiger partial charge in [0.05, 0.1) is 12.6 Å². The monoisotopic (exact) mass is 461 g/mol. The van der Waals surface area contributed by atoms with E-state index in [0.717, 1.165) is 44.9 Å². The van der Waals surface area contributed by atoms with Gasteiger partial charge in [-0.05, 0) is 59.7 Å². The fourth-order valence-electron chi connectivity index (χ4n) is 4.03. The fraction of sp³-hybridized carbons (Fsp3) is 0.172. The Labute approximate surface area is 205 Å². The smallest absolute Gasteiger partial charge is 0.163 e. The Balaban J connectivity index is 1.59. The van der Waals surface area contributed by atoms with E-state index in [1.54, 1.807) is 19.5 Å². The lowest BCUT2D eigenvalue weighted by Crippen LogP contribution is -2.29. The average molecular weight is 462 g/mol. The zero-order valence-electron chi connectivity index (χ0n) is 20.1. The average Bonchev–Trinajstić information content (AvgIpc) is 2.92. The number of ether oxygens (including phenoxy) is 1. The highest BCUT2D eigenvalue weighted by Gasteiger charge is 2.23. The van der Waals surface area contributed by atoms with Crippen molar-refractivity contribution in [1.82, 2.24) is 19.9 Å². The molecule has 35 heavy (non-hydrogen) atoms. The highest BCUT2D eigenvalue weighted by Crippen LogP contribution is 2.32. The van der Waals surface area contributed by atoms with Gasteiger partial charge < -0.3 is 10.1 Å². The maximum atomic E-state index is 5.42. The summed E-state index contributed by atoms with van der Waals surface area (Å²) in [4.78, 5) is 18.6. The van der Waals surface area contributed by atoms with Gasteiger partial charge in [-0.25, -0.2) is 9.97 Å². The fourth-order valence-corrected chi connectivity index (χ4v) is 4.03. The minimum Gasteiger partial charge on any atom is -0.497 e. The molecule has 3 heterocycles. The minimum atomic E-state index is -0.197. The second-order valence-corrected chi connectivity index (χ2v) is 9.05. The number of benzene rings is 2. The van der Waals surface area contributed by atoms with Crippen molar-refractivity contribution in [3.05, 3.63) is 97.1 Å². The van der Waals surface area contributed by atoms with Gasteiger partial charge in [-0.3, -0.25) is 9.97 Å². The van der Waals surface area contributed by atoms with Crippen LogP contribution < -0.4 is 10.1 Å². The number of pyridine rings is 2. The number of rotatable bonds is 7. The molecule has 0 unspecified atom stereocenters. The molecule has 0 radical (unpaired) electrons. The first-order chi connectivity index (χ1) is 17.0. The Morgan fingerprint density at radius 3 is 2.46 bits per heavy atom. The van der Waals surface area contributed by atoms with E-state index in [2.05, 4.69) is 53.4 Å². The third-order valence-corrected chi connectivity index (χ3v) is 6.07. The zero-order chi connectivity index (χ0) is 24.3. The first kappa shape index (κ1) is 22.5. The van der Waals surface area contributed by atoms with E-state index in [9.17, 15) is 0 Å². The van der Waals surface area contributed by atoms with Crippen LogP contribution in [0.1, 0.15) is 19.5 Å². The standard InChI is InChI=1S/C29H27N5O/c1-29(2,26-11-4-5-15-31-26)19-32-28-24-17-21(20-8-6-10-23(16-20)35-3)12-13-25(24)33-27(34-28)22-9-7-14-30-18-22/h4-18H,19H2,1-3H3,(H,32,33,34). The third-order valence-electron chi connectivity index (χ3n) is 6.07. The number of methoxy groups -OCH3 is 1. The molecule has 0 fully saturated rings. The van der Waals surface area contributed by atoms with Crippen LogP contribution in [0.3, 0.4) is 0 Å². The van der Waals surface area contributed by atoms with Crippen LogP contribution in [0.25, 0.3) is 33.4 Å². The summed E-state index contributed by atoms with van der Waals surface area (Å²) in [6.07, 6.45) is 5.37. The van der Waals surface area contributed by atoms with Crippen molar-refractivity contribution in [2.24, 2.45) is 0 Å². The van der Waals surface area contributed by atoms with Crippen LogP contribution in [0.4, 0.5) is 5.82 Å². The van der Waals surface area contributed by atoms with Crippen LogP contribution in [0.15, 0.2) is 91.4 Å². The normalized spacial score (nSPS) is 11.4. The van der Waals surface area contributed by atoms with E-state index in [-0.39, 0.29) is 5.41 Å². The van der Waals surface area contributed by atoms with Crippen LogP contribution in [-0.4, -0.2) is 33.6 Å². The Morgan fingerprint density at radius 2 is 1.69 bits per heavy atom. The Bertz CT molecular complexity index is 1450. The molecule has 0 amide bonds. The second kappa shape index (κ2) is 9.50. The molecule has 0 aliphatic carbocycles. The Kier molecular flexibility index (Phi) is 6.10. The number of nitrogens with one attached hydrogen (secondary N) is 1. The molecule has 3 aromatic heterocycles. The molecular weight excluding hydrogens is 434 g/mol. The Hall–Kier alpha value is -4.32. The highest BCUT2D eigenvalue weighted by atomic mass is 16.5. The molecule has 0 atom stereocenters. The molecule has 0 spiro atoms. The van der Waals surface area contributed by atoms with Gasteiger partial charge in [0.25, 0.3) is 0 Å². The van der Waals surface area contributed by atoms with Gasteiger partial charge in [-0.1, -0.05) is 38.1 Å². The molecule has 174 valence electrons. The van der Waals surface area contributed by atoms with Gasteiger partial charge >= 0.3 is 0 Å². The SMILES string of the molecule is COc1cccc(-c2ccc3nc(-c4cccnc4)nc(NCC(C)(C)c4ccccn4)c3c2)c1. The van der Waals surface area contributed by atoms with Crippen molar-refractivity contribution in [3.63, 3.8) is 0 Å². The topological polar surface area (TPSA) is 72.8 Å². The molecule has 0 aliphatic rings. The first-order valence-corrected chi connectivity index (χ1v) is 11.6. The van der Waals surface area contributed by atoms with Crippen molar-refractivity contribution in [2.75, 3.05) is 19.0 Å². The molecule has 2 aromatic carbocycles. The number of hydrogen-bond acceptors (Lipinski definition) is 6. The summed E-state index contributed by atoms with van der Waals surface area (Å²) in [7, 11) is 1.68. The van der Waals surface area contributed by atoms with E-state index in [1.165, 1.54) is 0 Å². The molecule has 0 aliphatic heterocycles. The third kappa shape index (κ3) is 4.82. The summed E-state index contributed by atoms with van der Waals surface area (Å²) < 4.78 is 5.42. The largest absolute Gasteiger partial charge is 0.497 e. The van der Waals surface area contributed by atoms with Gasteiger partial charge in [-0.2, -0.15) is 0 Å². The summed E-state index contributed by atoms with van der Waals surface area (Å²) in [6.45, 7) is 5.01. The molecule has 5 rings (SSSR count). The summed E-state index contributed by atoms with van der Waals surface area (Å²) in [5.41, 5.74) is 4.71. The van der Waals surface area contributed by atoms with Crippen molar-refractivity contribution < 1.29 is 4.74 Å². The minimum absolute atomic E-state index is 0.197. The molecule has 0 saturated heterocycles. The van der Waals surface area contributed by atoms with E-state index in [0.29, 0.717) is 12.4 Å². The Morgan fingerprint density at radius 1 is 0.829 bits per heavy atom. The number of fused-ring (bicyclic) bond motifs is 1. The summed E-state index contributed by atoms with van der Waals surface area (Å²) in [5.74, 6) is 2.24. The van der Waals surface area contributed by atoms with Crippen LogP contribution >= 0.6 is 0 Å². The van der Waals surface area contributed by atoms with E-state index in [4.69, 9.17) is 14.7 Å². The number of anilines is 1. The second-order valence-electron chi connectivity index (χ2n) is 9.05. The predicted octanol–water partition coefficient (Wildman–Crippen LogP) is 6.15. The van der Waals surface area contributed by atoms with Gasteiger partial charge in [0.15, 0.2) is 5.82 Å². The lowest BCUT2D eigenvalue weighted by molar-refractivity contribution is 0.415. The molecule has 1 N–H and O–H groups in total. The molecule has 6 heteroatoms. The summed E-state index contributed by atoms with van der Waals surface area (Å²) in [6, 6.07) is 24.2. The lowest BCUT2D eigenvalue weighted by Gasteiger charge is -2.25. The maximum absolute atomic E-state index is 5.42. The van der Waals surface area contributed by atoms with Crippen LogP contribution in [0, 0.1) is 0 Å². The summed E-state index contributed by atoms with van der Waals surface area (Å²) >= 11 is 0. The summed E-state index contributed by atoms with van der Waals surface area (Å²) in [5, 5.41) is 4.56. The van der Waals surface area contributed by atoms with Crippen molar-refractivity contribution in [1.29, 1.82) is 0 Å². The van der Waals surface area contributed by atoms with E-state index >= 15 is 0 Å². The van der Waals surface area contributed by atoms with Crippen LogP contribution in [0.5, 0.6) is 5.75 Å². The molecule has 0 bridgehead atoms. The number of nitrogens with zero attached hydrogens (tertiary/aromatic N) is 4. The molecule has 6 nitrogen and oxygen atoms in total. The lowest BCUT2D eigenvalue weighted by atomic mass is 9.88. The molecule has 0 saturated carbocycles. The quantitative estimate of drug-likeness (QED) is 0.313. The molecule has 5 aromatic rings.